The molecule has 118 valence electrons. The first kappa shape index (κ1) is 15.7. The summed E-state index contributed by atoms with van der Waals surface area (Å²) >= 11 is 3.22. The Morgan fingerprint density at radius 3 is 2.35 bits per heavy atom. The van der Waals surface area contributed by atoms with Crippen molar-refractivity contribution in [3.05, 3.63) is 63.7 Å². The summed E-state index contributed by atoms with van der Waals surface area (Å²) < 4.78 is 11.2. The molecule has 0 amide bonds. The number of rotatable bonds is 2. The number of furan rings is 1. The Bertz CT molecular complexity index is 808. The number of esters is 1. The lowest BCUT2D eigenvalue weighted by Crippen LogP contribution is -2.11. The third-order valence-corrected chi connectivity index (χ3v) is 3.92. The molecule has 1 aliphatic rings. The molecule has 2 aromatic rings. The molecule has 0 spiro atoms. The van der Waals surface area contributed by atoms with E-state index in [0.29, 0.717) is 16.3 Å². The first-order valence-electron chi connectivity index (χ1n) is 7.22. The highest BCUT2D eigenvalue weighted by atomic mass is 79.9. The van der Waals surface area contributed by atoms with Crippen LogP contribution in [0.15, 0.2) is 56.2 Å². The van der Waals surface area contributed by atoms with Gasteiger partial charge in [-0.1, -0.05) is 32.9 Å². The topological polar surface area (TPSA) is 51.8 Å². The highest BCUT2D eigenvalue weighted by Gasteiger charge is 2.25. The standard InChI is InChI=1S/C18H16BrNO3/c1-18(2,3)12-6-4-11(5-7-12)16-20-14(17(21)23-16)10-13-8-9-15(19)22-13/h4-10H,1-3H3/b14-10-. The van der Waals surface area contributed by atoms with Crippen LogP contribution in [0.5, 0.6) is 0 Å². The van der Waals surface area contributed by atoms with E-state index in [0.717, 1.165) is 5.56 Å². The first-order chi connectivity index (χ1) is 10.8. The van der Waals surface area contributed by atoms with E-state index in [9.17, 15) is 4.79 Å². The van der Waals surface area contributed by atoms with Crippen LogP contribution in [0.2, 0.25) is 0 Å². The van der Waals surface area contributed by atoms with Crippen LogP contribution in [0.4, 0.5) is 0 Å². The maximum absolute atomic E-state index is 11.9. The third-order valence-electron chi connectivity index (χ3n) is 3.49. The smallest absolute Gasteiger partial charge is 0.363 e. The minimum Gasteiger partial charge on any atom is -0.450 e. The Hall–Kier alpha value is -2.14. The molecule has 0 atom stereocenters. The second-order valence-electron chi connectivity index (χ2n) is 6.31. The summed E-state index contributed by atoms with van der Waals surface area (Å²) in [5, 5.41) is 0. The van der Waals surface area contributed by atoms with Crippen molar-refractivity contribution in [2.75, 3.05) is 0 Å². The Morgan fingerprint density at radius 2 is 1.78 bits per heavy atom. The zero-order valence-electron chi connectivity index (χ0n) is 13.1. The van der Waals surface area contributed by atoms with E-state index in [1.54, 1.807) is 18.2 Å². The van der Waals surface area contributed by atoms with Gasteiger partial charge in [-0.05, 0) is 51.2 Å². The lowest BCUT2D eigenvalue weighted by molar-refractivity contribution is -0.129. The van der Waals surface area contributed by atoms with Crippen molar-refractivity contribution in [3.8, 4) is 0 Å². The number of carbonyl (C=O) groups is 1. The van der Waals surface area contributed by atoms with Crippen molar-refractivity contribution in [3.63, 3.8) is 0 Å². The van der Waals surface area contributed by atoms with Crippen LogP contribution in [0, 0.1) is 0 Å². The molecule has 5 heteroatoms. The molecule has 1 aromatic carbocycles. The van der Waals surface area contributed by atoms with E-state index in [-0.39, 0.29) is 11.1 Å². The second-order valence-corrected chi connectivity index (χ2v) is 7.09. The monoisotopic (exact) mass is 373 g/mol. The summed E-state index contributed by atoms with van der Waals surface area (Å²) in [6.07, 6.45) is 1.56. The van der Waals surface area contributed by atoms with Gasteiger partial charge in [0.25, 0.3) is 0 Å². The number of nitrogens with zero attached hydrogens (tertiary/aromatic N) is 1. The van der Waals surface area contributed by atoms with Gasteiger partial charge in [0, 0.05) is 11.6 Å². The fourth-order valence-electron chi connectivity index (χ4n) is 2.19. The fraction of sp³-hybridized carbons (Fsp3) is 0.222. The average Bonchev–Trinajstić information content (AvgIpc) is 3.05. The first-order valence-corrected chi connectivity index (χ1v) is 8.01. The molecule has 0 saturated carbocycles. The third kappa shape index (κ3) is 3.45. The quantitative estimate of drug-likeness (QED) is 0.566. The summed E-state index contributed by atoms with van der Waals surface area (Å²) in [5.41, 5.74) is 2.28. The molecule has 0 bridgehead atoms. The fourth-order valence-corrected chi connectivity index (χ4v) is 2.51. The van der Waals surface area contributed by atoms with Gasteiger partial charge in [0.15, 0.2) is 10.4 Å². The molecule has 0 fully saturated rings. The van der Waals surface area contributed by atoms with Crippen molar-refractivity contribution < 1.29 is 13.9 Å². The molecule has 23 heavy (non-hydrogen) atoms. The van der Waals surface area contributed by atoms with E-state index in [4.69, 9.17) is 9.15 Å². The minimum absolute atomic E-state index is 0.0738. The van der Waals surface area contributed by atoms with Gasteiger partial charge in [-0.2, -0.15) is 0 Å². The average molecular weight is 374 g/mol. The van der Waals surface area contributed by atoms with E-state index in [1.807, 2.05) is 24.3 Å². The van der Waals surface area contributed by atoms with Crippen LogP contribution in [-0.4, -0.2) is 11.9 Å². The summed E-state index contributed by atoms with van der Waals surface area (Å²) in [6.45, 7) is 6.45. The molecule has 0 saturated heterocycles. The molecule has 0 aliphatic carbocycles. The highest BCUT2D eigenvalue weighted by molar-refractivity contribution is 9.10. The highest BCUT2D eigenvalue weighted by Crippen LogP contribution is 2.25. The van der Waals surface area contributed by atoms with Crippen LogP contribution < -0.4 is 0 Å². The second kappa shape index (κ2) is 5.81. The van der Waals surface area contributed by atoms with Gasteiger partial charge in [0.2, 0.25) is 5.90 Å². The number of cyclic esters (lactones) is 1. The molecule has 1 aliphatic heterocycles. The predicted octanol–water partition coefficient (Wildman–Crippen LogP) is 4.68. The van der Waals surface area contributed by atoms with E-state index in [2.05, 4.69) is 41.7 Å². The number of halogens is 1. The van der Waals surface area contributed by atoms with Crippen LogP contribution in [0.3, 0.4) is 0 Å². The zero-order valence-corrected chi connectivity index (χ0v) is 14.7. The Labute approximate surface area is 143 Å². The summed E-state index contributed by atoms with van der Waals surface area (Å²) in [4.78, 5) is 16.2. The van der Waals surface area contributed by atoms with Crippen LogP contribution >= 0.6 is 15.9 Å². The SMILES string of the molecule is CC(C)(C)c1ccc(C2=N/C(=C\c3ccc(Br)o3)C(=O)O2)cc1. The van der Waals surface area contributed by atoms with Gasteiger partial charge in [0.1, 0.15) is 5.76 Å². The van der Waals surface area contributed by atoms with Crippen molar-refractivity contribution in [2.24, 2.45) is 4.99 Å². The Balaban J connectivity index is 1.88. The minimum atomic E-state index is -0.479. The zero-order chi connectivity index (χ0) is 16.6. The Kier molecular flexibility index (Phi) is 3.98. The maximum atomic E-state index is 11.9. The number of hydrogen-bond acceptors (Lipinski definition) is 4. The molecule has 1 aromatic heterocycles. The van der Waals surface area contributed by atoms with E-state index >= 15 is 0 Å². The number of benzene rings is 1. The van der Waals surface area contributed by atoms with E-state index in [1.165, 1.54) is 5.56 Å². The van der Waals surface area contributed by atoms with Crippen LogP contribution in [0.1, 0.15) is 37.7 Å². The number of aliphatic imine (C=N–C) groups is 1. The lowest BCUT2D eigenvalue weighted by atomic mass is 9.87. The Morgan fingerprint density at radius 1 is 1.09 bits per heavy atom. The van der Waals surface area contributed by atoms with Crippen molar-refractivity contribution >= 4 is 33.9 Å². The van der Waals surface area contributed by atoms with Gasteiger partial charge in [0.05, 0.1) is 0 Å². The summed E-state index contributed by atoms with van der Waals surface area (Å²) in [5.74, 6) is 0.372. The molecule has 0 N–H and O–H groups in total. The molecule has 4 nitrogen and oxygen atoms in total. The van der Waals surface area contributed by atoms with Crippen LogP contribution in [-0.2, 0) is 14.9 Å². The van der Waals surface area contributed by atoms with Gasteiger partial charge in [-0.15, -0.1) is 0 Å². The molecule has 0 unspecified atom stereocenters. The van der Waals surface area contributed by atoms with Gasteiger partial charge in [-0.3, -0.25) is 0 Å². The normalized spacial score (nSPS) is 16.6. The maximum Gasteiger partial charge on any atom is 0.363 e. The van der Waals surface area contributed by atoms with Crippen molar-refractivity contribution in [2.45, 2.75) is 26.2 Å². The summed E-state index contributed by atoms with van der Waals surface area (Å²) in [7, 11) is 0. The largest absolute Gasteiger partial charge is 0.450 e. The molecular formula is C18H16BrNO3. The number of ether oxygens (including phenoxy) is 1. The molecular weight excluding hydrogens is 358 g/mol. The van der Waals surface area contributed by atoms with Gasteiger partial charge < -0.3 is 9.15 Å². The summed E-state index contributed by atoms with van der Waals surface area (Å²) in [6, 6.07) is 11.4. The number of hydrogen-bond donors (Lipinski definition) is 0. The van der Waals surface area contributed by atoms with Crippen LogP contribution in [0.25, 0.3) is 6.08 Å². The lowest BCUT2D eigenvalue weighted by Gasteiger charge is -2.18. The van der Waals surface area contributed by atoms with Crippen molar-refractivity contribution in [1.82, 2.24) is 0 Å². The molecule has 2 heterocycles. The molecule has 0 radical (unpaired) electrons. The van der Waals surface area contributed by atoms with Gasteiger partial charge >= 0.3 is 5.97 Å². The van der Waals surface area contributed by atoms with Gasteiger partial charge in [-0.25, -0.2) is 9.79 Å². The number of carbonyl (C=O) groups excluding carboxylic acids is 1. The molecule has 3 rings (SSSR count). The predicted molar refractivity (Wildman–Crippen MR) is 92.2 cm³/mol. The van der Waals surface area contributed by atoms with Crippen molar-refractivity contribution in [1.29, 1.82) is 0 Å². The van der Waals surface area contributed by atoms with E-state index < -0.39 is 5.97 Å².